The van der Waals surface area contributed by atoms with Gasteiger partial charge in [0.15, 0.2) is 18.1 Å². The van der Waals surface area contributed by atoms with E-state index in [-0.39, 0.29) is 18.3 Å². The van der Waals surface area contributed by atoms with E-state index in [0.29, 0.717) is 6.04 Å². The van der Waals surface area contributed by atoms with Gasteiger partial charge in [-0.25, -0.2) is 0 Å². The molecular formula is C27H80O17Si15. The zero-order chi connectivity index (χ0) is 45.0. The van der Waals surface area contributed by atoms with Gasteiger partial charge in [0.05, 0.1) is 0 Å². The van der Waals surface area contributed by atoms with Gasteiger partial charge in [-0.05, 0) is 151 Å². The Morgan fingerprint density at radius 1 is 0.441 bits per heavy atom. The van der Waals surface area contributed by atoms with Crippen molar-refractivity contribution >= 4 is 134 Å². The van der Waals surface area contributed by atoms with Crippen LogP contribution in [0.1, 0.15) is 20.8 Å². The zero-order valence-corrected chi connectivity index (χ0v) is 56.1. The second kappa shape index (κ2) is 22.6. The minimum Gasteiger partial charge on any atom is -0.441 e. The van der Waals surface area contributed by atoms with E-state index >= 15 is 0 Å². The first-order valence-corrected chi connectivity index (χ1v) is 55.9. The van der Waals surface area contributed by atoms with Gasteiger partial charge in [-0.2, -0.15) is 0 Å². The number of hydrogen-bond donors (Lipinski definition) is 0. The highest BCUT2D eigenvalue weighted by Gasteiger charge is 2.51. The summed E-state index contributed by atoms with van der Waals surface area (Å²) in [7, 11) is -35.5. The molecule has 59 heavy (non-hydrogen) atoms. The molecule has 3 saturated heterocycles. The monoisotopic (exact) mass is 1100 g/mol. The SMILES string of the molecule is CC1C[SiH](C)O[SiH](C)O[SiH](O[Si](C)(C)O[Si](C)(C)O[Si](C)(C)O[SiH]2OC(C)C[Si](C)(O[Si](C)(C)O[Si](C)(C)O[Si](C)(C)O[SiH]3OC(C)C[SiH](C)O[SiH](C)O3)O[SiH](C)O2)O1. The summed E-state index contributed by atoms with van der Waals surface area (Å²) in [6, 6.07) is 2.49. The van der Waals surface area contributed by atoms with Crippen LogP contribution in [-0.2, 0) is 70.9 Å². The summed E-state index contributed by atoms with van der Waals surface area (Å²) in [6.07, 6.45) is -0.143. The predicted molar refractivity (Wildman–Crippen MR) is 264 cm³/mol. The molecule has 350 valence electrons. The van der Waals surface area contributed by atoms with E-state index in [1.165, 1.54) is 0 Å². The second-order valence-electron chi connectivity index (χ2n) is 18.9. The van der Waals surface area contributed by atoms with E-state index < -0.39 is 134 Å². The first-order valence-electron chi connectivity index (χ1n) is 21.1. The van der Waals surface area contributed by atoms with E-state index in [9.17, 15) is 0 Å². The molecule has 3 fully saturated rings. The van der Waals surface area contributed by atoms with E-state index in [1.54, 1.807) is 0 Å². The molecule has 3 rings (SSSR count). The topological polar surface area (TPSA) is 157 Å². The van der Waals surface area contributed by atoms with Gasteiger partial charge in [0.1, 0.15) is 0 Å². The van der Waals surface area contributed by atoms with Gasteiger partial charge in [0.2, 0.25) is 0 Å². The third-order valence-electron chi connectivity index (χ3n) is 8.76. The quantitative estimate of drug-likeness (QED) is 0.203. The second-order valence-corrected chi connectivity index (χ2v) is 61.8. The van der Waals surface area contributed by atoms with Crippen molar-refractivity contribution in [3.05, 3.63) is 0 Å². The Morgan fingerprint density at radius 3 is 1.14 bits per heavy atom. The Kier molecular flexibility index (Phi) is 21.4. The molecule has 0 N–H and O–H groups in total. The van der Waals surface area contributed by atoms with Crippen LogP contribution in [-0.4, -0.2) is 153 Å². The Hall–Kier alpha value is 2.57. The Morgan fingerprint density at radius 2 is 0.763 bits per heavy atom. The first kappa shape index (κ1) is 55.9. The van der Waals surface area contributed by atoms with Gasteiger partial charge >= 0.3 is 97.8 Å². The Labute approximate surface area is 377 Å². The summed E-state index contributed by atoms with van der Waals surface area (Å²) in [5, 5.41) is 0. The van der Waals surface area contributed by atoms with Crippen molar-refractivity contribution in [2.24, 2.45) is 0 Å². The van der Waals surface area contributed by atoms with E-state index in [4.69, 9.17) is 70.9 Å². The van der Waals surface area contributed by atoms with Gasteiger partial charge in [-0.3, -0.25) is 0 Å². The third-order valence-corrected chi connectivity index (χ3v) is 60.7. The lowest BCUT2D eigenvalue weighted by molar-refractivity contribution is 0.118. The standard InChI is InChI=1S/C27H80O17Si15/c1-25-22-45(4)31-47(6)33-50(28-25)37-53(9,10)40-56(15,16)41-55(13,14)39-52-30-27(3)24-59(21,36-49(8)35-52)44-58(19,20)43-57(17,18)42-54(11,12)38-51-29-26(2)23-46(5)32-48(7)34-51/h25-27,45-52H,22-24H2,1-21H3. The van der Waals surface area contributed by atoms with E-state index in [2.05, 4.69) is 53.1 Å². The van der Waals surface area contributed by atoms with Crippen molar-refractivity contribution in [1.29, 1.82) is 0 Å². The molecule has 12 unspecified atom stereocenters. The highest BCUT2D eigenvalue weighted by Crippen LogP contribution is 2.31. The normalized spacial score (nSPS) is 35.8. The summed E-state index contributed by atoms with van der Waals surface area (Å²) in [5.41, 5.74) is 0. The maximum atomic E-state index is 6.96. The molecule has 3 aliphatic rings. The van der Waals surface area contributed by atoms with Crippen molar-refractivity contribution < 1.29 is 70.9 Å². The van der Waals surface area contributed by atoms with Crippen LogP contribution in [0.25, 0.3) is 0 Å². The van der Waals surface area contributed by atoms with Crippen LogP contribution in [0.3, 0.4) is 0 Å². The molecule has 17 nitrogen and oxygen atoms in total. The summed E-state index contributed by atoms with van der Waals surface area (Å²) < 4.78 is 111. The molecule has 3 heterocycles. The predicted octanol–water partition coefficient (Wildman–Crippen LogP) is 4.17. The van der Waals surface area contributed by atoms with Crippen LogP contribution >= 0.6 is 0 Å². The fourth-order valence-electron chi connectivity index (χ4n) is 7.96. The summed E-state index contributed by atoms with van der Waals surface area (Å²) >= 11 is 0. The Bertz CT molecular complexity index is 1270. The summed E-state index contributed by atoms with van der Waals surface area (Å²) in [6.45, 7) is 43.1. The maximum Gasteiger partial charge on any atom is 0.466 e. The van der Waals surface area contributed by atoms with Gasteiger partial charge in [0, 0.05) is 24.4 Å². The number of hydrogen-bond acceptors (Lipinski definition) is 17. The lowest BCUT2D eigenvalue weighted by Gasteiger charge is -2.44. The fraction of sp³-hybridized carbons (Fsp3) is 1.00. The fourth-order valence-corrected chi connectivity index (χ4v) is 65.5. The highest BCUT2D eigenvalue weighted by atomic mass is 28.5. The molecule has 0 aliphatic carbocycles. The van der Waals surface area contributed by atoms with Crippen LogP contribution in [0.4, 0.5) is 0 Å². The highest BCUT2D eigenvalue weighted by molar-refractivity contribution is 6.90. The minimum absolute atomic E-state index is 0.0405. The summed E-state index contributed by atoms with van der Waals surface area (Å²) in [4.78, 5) is 0. The van der Waals surface area contributed by atoms with Gasteiger partial charge in [-0.15, -0.1) is 0 Å². The van der Waals surface area contributed by atoms with Crippen molar-refractivity contribution in [2.45, 2.75) is 175 Å². The summed E-state index contributed by atoms with van der Waals surface area (Å²) in [5.74, 6) is 0. The third kappa shape index (κ3) is 21.8. The molecule has 0 aromatic heterocycles. The van der Waals surface area contributed by atoms with Crippen molar-refractivity contribution in [3.8, 4) is 0 Å². The van der Waals surface area contributed by atoms with Crippen molar-refractivity contribution in [3.63, 3.8) is 0 Å². The van der Waals surface area contributed by atoms with Crippen molar-refractivity contribution in [2.75, 3.05) is 0 Å². The molecule has 0 aromatic carbocycles. The van der Waals surface area contributed by atoms with Crippen LogP contribution < -0.4 is 0 Å². The number of rotatable bonds is 16. The van der Waals surface area contributed by atoms with Crippen LogP contribution in [0.2, 0.25) is 136 Å². The van der Waals surface area contributed by atoms with E-state index in [1.807, 2.05) is 85.5 Å². The molecule has 0 saturated carbocycles. The molecule has 0 radical (unpaired) electrons. The molecule has 32 heteroatoms. The van der Waals surface area contributed by atoms with Gasteiger partial charge < -0.3 is 70.9 Å². The average Bonchev–Trinajstić information content (AvgIpc) is 2.89. The van der Waals surface area contributed by atoms with Gasteiger partial charge in [0.25, 0.3) is 18.6 Å². The maximum absolute atomic E-state index is 6.96. The van der Waals surface area contributed by atoms with E-state index in [0.717, 1.165) is 12.1 Å². The molecule has 3 aliphatic heterocycles. The van der Waals surface area contributed by atoms with Crippen LogP contribution in [0.5, 0.6) is 0 Å². The van der Waals surface area contributed by atoms with Crippen molar-refractivity contribution in [1.82, 2.24) is 0 Å². The zero-order valence-electron chi connectivity index (χ0n) is 39.9. The average molecular weight is 1100 g/mol. The van der Waals surface area contributed by atoms with Gasteiger partial charge in [-0.1, -0.05) is 0 Å². The molecule has 0 amide bonds. The lowest BCUT2D eigenvalue weighted by atomic mass is 10.5. The molecule has 0 aromatic rings. The molecule has 12 atom stereocenters. The van der Waals surface area contributed by atoms with Crippen LogP contribution in [0, 0.1) is 0 Å². The smallest absolute Gasteiger partial charge is 0.441 e. The lowest BCUT2D eigenvalue weighted by Crippen LogP contribution is -2.62. The first-order chi connectivity index (χ1) is 26.6. The largest absolute Gasteiger partial charge is 0.466 e. The molecular weight excluding hydrogens is 1020 g/mol. The molecule has 0 spiro atoms. The Balaban J connectivity index is 1.57. The minimum atomic E-state index is -2.84. The van der Waals surface area contributed by atoms with Crippen LogP contribution in [0.15, 0.2) is 0 Å². The molecule has 0 bridgehead atoms.